The predicted octanol–water partition coefficient (Wildman–Crippen LogP) is 1.52. The van der Waals surface area contributed by atoms with Crippen LogP contribution in [0.3, 0.4) is 0 Å². The highest BCUT2D eigenvalue weighted by molar-refractivity contribution is 5.33. The molecule has 72 valence electrons. The number of nitrogens with two attached hydrogens (primary N) is 1. The lowest BCUT2D eigenvalue weighted by atomic mass is 9.99. The van der Waals surface area contributed by atoms with Gasteiger partial charge < -0.3 is 11.1 Å². The van der Waals surface area contributed by atoms with Crippen LogP contribution >= 0.6 is 0 Å². The molecule has 0 saturated heterocycles. The highest BCUT2D eigenvalue weighted by Gasteiger charge is 2.08. The standard InChI is InChI=1S/C11H18N2/c1-8-4-5-9(2)10(6-8)11(7-12)13-3/h4-6,11,13H,7,12H2,1-3H3. The fourth-order valence-electron chi connectivity index (χ4n) is 1.54. The van der Waals surface area contributed by atoms with Crippen LogP contribution < -0.4 is 11.1 Å². The molecule has 0 aliphatic rings. The number of hydrogen-bond acceptors (Lipinski definition) is 2. The van der Waals surface area contributed by atoms with E-state index in [-0.39, 0.29) is 6.04 Å². The second-order valence-electron chi connectivity index (χ2n) is 3.44. The van der Waals surface area contributed by atoms with E-state index in [1.54, 1.807) is 0 Å². The van der Waals surface area contributed by atoms with Crippen LogP contribution in [0.1, 0.15) is 22.7 Å². The first-order valence-corrected chi connectivity index (χ1v) is 4.63. The van der Waals surface area contributed by atoms with Crippen LogP contribution in [0.4, 0.5) is 0 Å². The van der Waals surface area contributed by atoms with E-state index in [0.29, 0.717) is 6.54 Å². The molecule has 0 fully saturated rings. The SMILES string of the molecule is CNC(CN)c1cc(C)ccc1C. The van der Waals surface area contributed by atoms with E-state index in [0.717, 1.165) is 0 Å². The van der Waals surface area contributed by atoms with E-state index in [1.807, 2.05) is 7.05 Å². The molecule has 1 aromatic carbocycles. The number of nitrogens with one attached hydrogen (secondary N) is 1. The Kier molecular flexibility index (Phi) is 3.46. The molecule has 0 radical (unpaired) electrons. The Balaban J connectivity index is 3.03. The fourth-order valence-corrected chi connectivity index (χ4v) is 1.54. The summed E-state index contributed by atoms with van der Waals surface area (Å²) in [6.45, 7) is 4.86. The average Bonchev–Trinajstić information content (AvgIpc) is 2.13. The Morgan fingerprint density at radius 2 is 2.08 bits per heavy atom. The summed E-state index contributed by atoms with van der Waals surface area (Å²) >= 11 is 0. The van der Waals surface area contributed by atoms with Crippen molar-refractivity contribution in [3.63, 3.8) is 0 Å². The first kappa shape index (κ1) is 10.2. The van der Waals surface area contributed by atoms with Gasteiger partial charge in [-0.05, 0) is 32.0 Å². The van der Waals surface area contributed by atoms with Crippen LogP contribution in [0.25, 0.3) is 0 Å². The Morgan fingerprint density at radius 3 is 2.62 bits per heavy atom. The minimum atomic E-state index is 0.278. The van der Waals surface area contributed by atoms with Gasteiger partial charge in [0.25, 0.3) is 0 Å². The average molecular weight is 178 g/mol. The van der Waals surface area contributed by atoms with E-state index in [4.69, 9.17) is 5.73 Å². The largest absolute Gasteiger partial charge is 0.329 e. The Hall–Kier alpha value is -0.860. The molecule has 0 aliphatic carbocycles. The fraction of sp³-hybridized carbons (Fsp3) is 0.455. The molecule has 2 heteroatoms. The molecule has 0 heterocycles. The first-order valence-electron chi connectivity index (χ1n) is 4.63. The van der Waals surface area contributed by atoms with E-state index in [2.05, 4.69) is 37.4 Å². The van der Waals surface area contributed by atoms with Crippen molar-refractivity contribution in [2.45, 2.75) is 19.9 Å². The summed E-state index contributed by atoms with van der Waals surface area (Å²) in [4.78, 5) is 0. The highest BCUT2D eigenvalue weighted by atomic mass is 14.9. The zero-order valence-electron chi connectivity index (χ0n) is 8.59. The van der Waals surface area contributed by atoms with Crippen LogP contribution in [0, 0.1) is 13.8 Å². The molecule has 0 saturated carbocycles. The zero-order chi connectivity index (χ0) is 9.84. The third-order valence-electron chi connectivity index (χ3n) is 2.39. The molecule has 1 unspecified atom stereocenters. The number of hydrogen-bond donors (Lipinski definition) is 2. The van der Waals surface area contributed by atoms with Crippen LogP contribution in [0.2, 0.25) is 0 Å². The van der Waals surface area contributed by atoms with E-state index in [9.17, 15) is 0 Å². The lowest BCUT2D eigenvalue weighted by Crippen LogP contribution is -2.25. The Morgan fingerprint density at radius 1 is 1.38 bits per heavy atom. The molecular weight excluding hydrogens is 160 g/mol. The molecule has 1 aromatic rings. The van der Waals surface area contributed by atoms with Gasteiger partial charge in [0.05, 0.1) is 0 Å². The zero-order valence-corrected chi connectivity index (χ0v) is 8.59. The number of likely N-dealkylation sites (N-methyl/N-ethyl adjacent to an activating group) is 1. The number of rotatable bonds is 3. The van der Waals surface area contributed by atoms with Gasteiger partial charge in [0.15, 0.2) is 0 Å². The normalized spacial score (nSPS) is 12.9. The molecule has 0 amide bonds. The molecule has 1 rings (SSSR count). The quantitative estimate of drug-likeness (QED) is 0.736. The molecule has 2 nitrogen and oxygen atoms in total. The third kappa shape index (κ3) is 2.29. The molecule has 0 aliphatic heterocycles. The van der Waals surface area contributed by atoms with Crippen molar-refractivity contribution in [2.24, 2.45) is 5.73 Å². The van der Waals surface area contributed by atoms with E-state index >= 15 is 0 Å². The van der Waals surface area contributed by atoms with Crippen molar-refractivity contribution < 1.29 is 0 Å². The molecule has 0 bridgehead atoms. The summed E-state index contributed by atoms with van der Waals surface area (Å²) in [6, 6.07) is 6.75. The van der Waals surface area contributed by atoms with Crippen molar-refractivity contribution in [3.05, 3.63) is 34.9 Å². The van der Waals surface area contributed by atoms with Crippen LogP contribution in [-0.4, -0.2) is 13.6 Å². The molecule has 0 aromatic heterocycles. The molecule has 0 spiro atoms. The predicted molar refractivity (Wildman–Crippen MR) is 56.8 cm³/mol. The molecular formula is C11H18N2. The van der Waals surface area contributed by atoms with Gasteiger partial charge in [-0.15, -0.1) is 0 Å². The van der Waals surface area contributed by atoms with Crippen molar-refractivity contribution >= 4 is 0 Å². The summed E-state index contributed by atoms with van der Waals surface area (Å²) in [7, 11) is 1.94. The van der Waals surface area contributed by atoms with Gasteiger partial charge in [0.1, 0.15) is 0 Å². The van der Waals surface area contributed by atoms with Crippen molar-refractivity contribution in [2.75, 3.05) is 13.6 Å². The van der Waals surface area contributed by atoms with Gasteiger partial charge in [-0.25, -0.2) is 0 Å². The van der Waals surface area contributed by atoms with Gasteiger partial charge in [0.2, 0.25) is 0 Å². The third-order valence-corrected chi connectivity index (χ3v) is 2.39. The second kappa shape index (κ2) is 4.40. The summed E-state index contributed by atoms with van der Waals surface area (Å²) in [5.74, 6) is 0. The summed E-state index contributed by atoms with van der Waals surface area (Å²) < 4.78 is 0. The van der Waals surface area contributed by atoms with Gasteiger partial charge >= 0.3 is 0 Å². The Bertz CT molecular complexity index is 277. The van der Waals surface area contributed by atoms with Gasteiger partial charge in [-0.3, -0.25) is 0 Å². The second-order valence-corrected chi connectivity index (χ2v) is 3.44. The summed E-state index contributed by atoms with van der Waals surface area (Å²) in [5, 5.41) is 3.21. The number of aryl methyl sites for hydroxylation is 2. The van der Waals surface area contributed by atoms with Crippen molar-refractivity contribution in [3.8, 4) is 0 Å². The summed E-state index contributed by atoms with van der Waals surface area (Å²) in [6.07, 6.45) is 0. The van der Waals surface area contributed by atoms with Crippen molar-refractivity contribution in [1.29, 1.82) is 0 Å². The highest BCUT2D eigenvalue weighted by Crippen LogP contribution is 2.17. The van der Waals surface area contributed by atoms with Crippen LogP contribution in [0.15, 0.2) is 18.2 Å². The van der Waals surface area contributed by atoms with E-state index in [1.165, 1.54) is 16.7 Å². The number of benzene rings is 1. The van der Waals surface area contributed by atoms with Gasteiger partial charge in [-0.1, -0.05) is 23.8 Å². The lowest BCUT2D eigenvalue weighted by molar-refractivity contribution is 0.602. The maximum Gasteiger partial charge on any atom is 0.0444 e. The minimum Gasteiger partial charge on any atom is -0.329 e. The van der Waals surface area contributed by atoms with Gasteiger partial charge in [0, 0.05) is 12.6 Å². The van der Waals surface area contributed by atoms with Crippen LogP contribution in [-0.2, 0) is 0 Å². The van der Waals surface area contributed by atoms with E-state index < -0.39 is 0 Å². The first-order chi connectivity index (χ1) is 6.19. The monoisotopic (exact) mass is 178 g/mol. The lowest BCUT2D eigenvalue weighted by Gasteiger charge is -2.17. The smallest absolute Gasteiger partial charge is 0.0444 e. The van der Waals surface area contributed by atoms with Crippen LogP contribution in [0.5, 0.6) is 0 Å². The maximum atomic E-state index is 5.67. The van der Waals surface area contributed by atoms with Crippen molar-refractivity contribution in [1.82, 2.24) is 5.32 Å². The topological polar surface area (TPSA) is 38.0 Å². The Labute approximate surface area is 80.1 Å². The maximum absolute atomic E-state index is 5.67. The molecule has 3 N–H and O–H groups in total. The summed E-state index contributed by atoms with van der Waals surface area (Å²) in [5.41, 5.74) is 9.57. The molecule has 13 heavy (non-hydrogen) atoms. The molecule has 1 atom stereocenters. The minimum absolute atomic E-state index is 0.278. The van der Waals surface area contributed by atoms with Gasteiger partial charge in [-0.2, -0.15) is 0 Å².